The normalized spacial score (nSPS) is 15.6. The zero-order chi connectivity index (χ0) is 28.2. The summed E-state index contributed by atoms with van der Waals surface area (Å²) in [6.45, 7) is 0. The second kappa shape index (κ2) is 11.6. The number of benzene rings is 6. The molecule has 0 spiro atoms. The molecule has 4 bridgehead atoms. The second-order valence-electron chi connectivity index (χ2n) is 12.0. The summed E-state index contributed by atoms with van der Waals surface area (Å²) < 4.78 is 0. The summed E-state index contributed by atoms with van der Waals surface area (Å²) in [5, 5.41) is 6.06. The van der Waals surface area contributed by atoms with E-state index in [1.807, 2.05) is 0 Å². The fourth-order valence-electron chi connectivity index (χ4n) is 7.40. The third kappa shape index (κ3) is 5.13. The van der Waals surface area contributed by atoms with E-state index in [1.165, 1.54) is 43.0 Å². The molecule has 0 saturated heterocycles. The van der Waals surface area contributed by atoms with Crippen LogP contribution < -0.4 is 20.7 Å². The smallest absolute Gasteiger partial charge is 0.0626 e. The lowest BCUT2D eigenvalue weighted by atomic mass is 10.1. The van der Waals surface area contributed by atoms with Crippen molar-refractivity contribution >= 4 is 36.9 Å². The molecule has 0 atom stereocenters. The van der Waals surface area contributed by atoms with Crippen LogP contribution in [0.25, 0.3) is 0 Å². The molecule has 42 heavy (non-hydrogen) atoms. The Morgan fingerprint density at radius 2 is 0.500 bits per heavy atom. The first-order valence-corrected chi connectivity index (χ1v) is 19.9. The Kier molecular flexibility index (Phi) is 7.33. The van der Waals surface area contributed by atoms with E-state index in [2.05, 4.69) is 170 Å². The molecule has 0 N–H and O–H groups in total. The van der Waals surface area contributed by atoms with Gasteiger partial charge < -0.3 is 0 Å². The van der Waals surface area contributed by atoms with Crippen LogP contribution in [0.2, 0.25) is 0 Å². The van der Waals surface area contributed by atoms with E-state index in [-0.39, 0.29) is 0 Å². The Balaban J connectivity index is 1.47. The molecule has 0 saturated carbocycles. The first kappa shape index (κ1) is 26.6. The first-order valence-electron chi connectivity index (χ1n) is 15.1. The van der Waals surface area contributed by atoms with Gasteiger partial charge in [-0.05, 0) is 46.4 Å². The van der Waals surface area contributed by atoms with Gasteiger partial charge >= 0.3 is 0 Å². The van der Waals surface area contributed by atoms with E-state index in [9.17, 15) is 0 Å². The molecule has 0 aliphatic carbocycles. The van der Waals surface area contributed by atoms with Gasteiger partial charge in [0.25, 0.3) is 0 Å². The maximum absolute atomic E-state index is 2.55. The van der Waals surface area contributed by atoms with Crippen molar-refractivity contribution in [3.05, 3.63) is 192 Å². The zero-order valence-corrected chi connectivity index (χ0v) is 26.0. The number of fused-ring (bicyclic) bond motifs is 4. The Hall–Kier alpha value is -4.25. The summed E-state index contributed by atoms with van der Waals surface area (Å²) >= 11 is 0. The van der Waals surface area contributed by atoms with E-state index in [0.717, 1.165) is 24.2 Å². The van der Waals surface area contributed by atoms with Crippen molar-refractivity contribution in [1.29, 1.82) is 0 Å². The van der Waals surface area contributed by atoms with Crippen LogP contribution in [-0.4, -0.2) is 16.1 Å². The molecule has 204 valence electrons. The lowest BCUT2D eigenvalue weighted by Crippen LogP contribution is -2.63. The van der Waals surface area contributed by atoms with Crippen molar-refractivity contribution in [2.24, 2.45) is 0 Å². The van der Waals surface area contributed by atoms with Crippen LogP contribution >= 0.6 is 0 Å². The molecule has 1 heterocycles. The van der Waals surface area contributed by atoms with Crippen molar-refractivity contribution in [2.45, 2.75) is 24.2 Å². The predicted molar refractivity (Wildman–Crippen MR) is 184 cm³/mol. The predicted octanol–water partition coefficient (Wildman–Crippen LogP) is 6.25. The van der Waals surface area contributed by atoms with Crippen LogP contribution in [0.4, 0.5) is 0 Å². The van der Waals surface area contributed by atoms with Crippen molar-refractivity contribution in [1.82, 2.24) is 0 Å². The van der Waals surface area contributed by atoms with Gasteiger partial charge in [-0.1, -0.05) is 191 Å². The Labute approximate surface area is 252 Å². The highest BCUT2D eigenvalue weighted by Crippen LogP contribution is 2.26. The van der Waals surface area contributed by atoms with E-state index in [0.29, 0.717) is 0 Å². The minimum Gasteiger partial charge on any atom is -0.0626 e. The SMILES string of the molecule is c1ccc([Si]2(c3ccccc3)Cc3cccc(c3)C[Si](c3ccccc3)(c3ccccc3)Cc3cccc(c3)C2)cc1. The molecule has 0 nitrogen and oxygen atoms in total. The van der Waals surface area contributed by atoms with Gasteiger partial charge in [-0.2, -0.15) is 0 Å². The van der Waals surface area contributed by atoms with Crippen LogP contribution in [0.1, 0.15) is 22.3 Å². The molecule has 0 unspecified atom stereocenters. The maximum Gasteiger partial charge on any atom is 0.126 e. The highest BCUT2D eigenvalue weighted by Gasteiger charge is 2.40. The van der Waals surface area contributed by atoms with E-state index < -0.39 is 16.1 Å². The minimum absolute atomic E-state index is 1.09. The third-order valence-electron chi connectivity index (χ3n) is 9.31. The molecular weight excluding hydrogens is 537 g/mol. The summed E-state index contributed by atoms with van der Waals surface area (Å²) in [5.41, 5.74) is 5.86. The molecule has 0 radical (unpaired) electrons. The molecule has 1 aliphatic rings. The second-order valence-corrected chi connectivity index (χ2v) is 20.0. The van der Waals surface area contributed by atoms with Gasteiger partial charge in [0, 0.05) is 0 Å². The van der Waals surface area contributed by atoms with Crippen LogP contribution in [0.15, 0.2) is 170 Å². The average Bonchev–Trinajstić information content (AvgIpc) is 3.06. The van der Waals surface area contributed by atoms with E-state index >= 15 is 0 Å². The minimum atomic E-state index is -2.22. The van der Waals surface area contributed by atoms with Crippen LogP contribution in [0.5, 0.6) is 0 Å². The molecule has 7 rings (SSSR count). The highest BCUT2D eigenvalue weighted by molar-refractivity contribution is 7.02. The molecule has 0 aromatic heterocycles. The van der Waals surface area contributed by atoms with Gasteiger partial charge in [-0.3, -0.25) is 0 Å². The van der Waals surface area contributed by atoms with Gasteiger partial charge in [-0.25, -0.2) is 0 Å². The summed E-state index contributed by atoms with van der Waals surface area (Å²) in [6.07, 6.45) is 0. The summed E-state index contributed by atoms with van der Waals surface area (Å²) in [7, 11) is -4.43. The van der Waals surface area contributed by atoms with Crippen molar-refractivity contribution in [2.75, 3.05) is 0 Å². The highest BCUT2D eigenvalue weighted by atomic mass is 28.3. The van der Waals surface area contributed by atoms with Gasteiger partial charge in [-0.15, -0.1) is 0 Å². The number of hydrogen-bond acceptors (Lipinski definition) is 0. The summed E-state index contributed by atoms with van der Waals surface area (Å²) in [4.78, 5) is 0. The molecule has 0 fully saturated rings. The fraction of sp³-hybridized carbons (Fsp3) is 0.100. The Morgan fingerprint density at radius 3 is 0.738 bits per heavy atom. The maximum atomic E-state index is 2.55. The number of hydrogen-bond donors (Lipinski definition) is 0. The van der Waals surface area contributed by atoms with Crippen molar-refractivity contribution < 1.29 is 0 Å². The topological polar surface area (TPSA) is 0 Å². The first-order chi connectivity index (χ1) is 20.7. The van der Waals surface area contributed by atoms with Gasteiger partial charge in [0.15, 0.2) is 0 Å². The average molecular weight is 573 g/mol. The Bertz CT molecular complexity index is 1500. The zero-order valence-electron chi connectivity index (χ0n) is 24.0. The largest absolute Gasteiger partial charge is 0.126 e. The monoisotopic (exact) mass is 572 g/mol. The van der Waals surface area contributed by atoms with Crippen LogP contribution in [0.3, 0.4) is 0 Å². The van der Waals surface area contributed by atoms with E-state index in [1.54, 1.807) is 0 Å². The summed E-state index contributed by atoms with van der Waals surface area (Å²) in [6, 6.07) is 69.2. The molecule has 0 amide bonds. The third-order valence-corrected chi connectivity index (χ3v) is 19.1. The van der Waals surface area contributed by atoms with Gasteiger partial charge in [0.2, 0.25) is 0 Å². The van der Waals surface area contributed by atoms with E-state index in [4.69, 9.17) is 0 Å². The quantitative estimate of drug-likeness (QED) is 0.219. The standard InChI is InChI=1S/C40H36Si2/c1-5-19-37(20-6-1)41(38-21-7-2-8-22-38)29-33-15-13-17-35(27-33)31-42(39-23-9-3-10-24-39,40-25-11-4-12-26-40)32-36-18-14-16-34(28-36)30-41/h1-28H,29-32H2. The lowest BCUT2D eigenvalue weighted by molar-refractivity contribution is 1.17. The number of rotatable bonds is 4. The molecule has 6 aromatic carbocycles. The fourth-order valence-corrected chi connectivity index (χ4v) is 16.9. The van der Waals surface area contributed by atoms with Crippen molar-refractivity contribution in [3.63, 3.8) is 0 Å². The molecular formula is C40H36Si2. The summed E-state index contributed by atoms with van der Waals surface area (Å²) in [5.74, 6) is 0. The molecule has 6 aromatic rings. The van der Waals surface area contributed by atoms with Gasteiger partial charge in [0.05, 0.1) is 0 Å². The van der Waals surface area contributed by atoms with Crippen LogP contribution in [-0.2, 0) is 24.2 Å². The Morgan fingerprint density at radius 1 is 0.262 bits per heavy atom. The van der Waals surface area contributed by atoms with Crippen LogP contribution in [0, 0.1) is 0 Å². The molecule has 1 aliphatic heterocycles. The van der Waals surface area contributed by atoms with Crippen molar-refractivity contribution in [3.8, 4) is 0 Å². The molecule has 2 heteroatoms. The van der Waals surface area contributed by atoms with Gasteiger partial charge in [0.1, 0.15) is 16.1 Å². The lowest BCUT2D eigenvalue weighted by Gasteiger charge is -2.36.